The van der Waals surface area contributed by atoms with Gasteiger partial charge in [-0.2, -0.15) is 0 Å². The first kappa shape index (κ1) is 18.0. The average molecular weight is 358 g/mol. The third-order valence-corrected chi connectivity index (χ3v) is 6.28. The Bertz CT molecular complexity index is 696. The molecule has 0 amide bonds. The van der Waals surface area contributed by atoms with Crippen LogP contribution < -0.4 is 0 Å². The second kappa shape index (κ2) is 7.47. The number of nitrogens with zero attached hydrogens (tertiary/aromatic N) is 1. The van der Waals surface area contributed by atoms with E-state index in [1.54, 1.807) is 0 Å². The summed E-state index contributed by atoms with van der Waals surface area (Å²) in [4.78, 5) is 13.0. The van der Waals surface area contributed by atoms with Crippen LogP contribution in [0.3, 0.4) is 0 Å². The van der Waals surface area contributed by atoms with Gasteiger partial charge in [0.15, 0.2) is 9.84 Å². The van der Waals surface area contributed by atoms with Gasteiger partial charge in [-0.3, -0.25) is 4.90 Å². The van der Waals surface area contributed by atoms with Crippen LogP contribution in [0.2, 0.25) is 5.02 Å². The Balaban J connectivity index is 2.27. The number of carboxylic acids is 1. The molecule has 1 heterocycles. The summed E-state index contributed by atoms with van der Waals surface area (Å²) in [6.45, 7) is 5.11. The van der Waals surface area contributed by atoms with Crippen LogP contribution in [-0.2, 0) is 15.6 Å². The Kier molecular flexibility index (Phi) is 5.84. The van der Waals surface area contributed by atoms with E-state index in [2.05, 4.69) is 6.58 Å². The number of hydrogen-bond donors (Lipinski definition) is 1. The summed E-state index contributed by atoms with van der Waals surface area (Å²) >= 11 is 6.04. The number of likely N-dealkylation sites (tertiary alicyclic amines) is 1. The molecule has 1 aromatic carbocycles. The van der Waals surface area contributed by atoms with Gasteiger partial charge >= 0.3 is 5.97 Å². The number of aromatic carboxylic acids is 1. The zero-order valence-corrected chi connectivity index (χ0v) is 14.3. The molecule has 1 fully saturated rings. The van der Waals surface area contributed by atoms with E-state index >= 15 is 0 Å². The molecule has 1 atom stereocenters. The lowest BCUT2D eigenvalue weighted by Crippen LogP contribution is -2.43. The van der Waals surface area contributed by atoms with Gasteiger partial charge in [-0.25, -0.2) is 13.2 Å². The molecular formula is C16H20ClNO4S. The van der Waals surface area contributed by atoms with Crippen LogP contribution in [-0.4, -0.2) is 42.9 Å². The molecule has 0 saturated carbocycles. The molecule has 1 aliphatic rings. The van der Waals surface area contributed by atoms with Crippen molar-refractivity contribution in [1.82, 2.24) is 4.90 Å². The van der Waals surface area contributed by atoms with Crippen molar-refractivity contribution in [2.75, 3.05) is 13.1 Å². The molecule has 2 rings (SSSR count). The van der Waals surface area contributed by atoms with Crippen LogP contribution in [0.1, 0.15) is 35.2 Å². The van der Waals surface area contributed by atoms with Gasteiger partial charge in [-0.05, 0) is 49.7 Å². The third kappa shape index (κ3) is 4.34. The number of benzene rings is 1. The number of sulfone groups is 1. The molecule has 1 N–H and O–H groups in total. The monoisotopic (exact) mass is 357 g/mol. The van der Waals surface area contributed by atoms with Crippen molar-refractivity contribution >= 4 is 27.4 Å². The first-order valence-electron chi connectivity index (χ1n) is 7.45. The lowest BCUT2D eigenvalue weighted by atomic mass is 10.1. The van der Waals surface area contributed by atoms with Gasteiger partial charge in [0.05, 0.1) is 11.3 Å². The van der Waals surface area contributed by atoms with Crippen molar-refractivity contribution in [3.05, 3.63) is 47.0 Å². The van der Waals surface area contributed by atoms with Crippen molar-refractivity contribution in [3.8, 4) is 0 Å². The fourth-order valence-electron chi connectivity index (χ4n) is 2.82. The van der Waals surface area contributed by atoms with Crippen molar-refractivity contribution < 1.29 is 18.3 Å². The minimum absolute atomic E-state index is 0.0210. The van der Waals surface area contributed by atoms with Crippen LogP contribution in [0, 0.1) is 0 Å². The number of carboxylic acid groups (broad SMARTS) is 1. The van der Waals surface area contributed by atoms with Crippen molar-refractivity contribution in [1.29, 1.82) is 0 Å². The molecule has 0 aromatic heterocycles. The maximum absolute atomic E-state index is 12.7. The van der Waals surface area contributed by atoms with Crippen molar-refractivity contribution in [3.63, 3.8) is 0 Å². The molecule has 0 aliphatic carbocycles. The van der Waals surface area contributed by atoms with E-state index in [1.807, 2.05) is 4.90 Å². The third-order valence-electron chi connectivity index (χ3n) is 3.97. The summed E-state index contributed by atoms with van der Waals surface area (Å²) in [5.41, 5.74) is 0.322. The summed E-state index contributed by atoms with van der Waals surface area (Å²) in [6, 6.07) is 4.09. The van der Waals surface area contributed by atoms with E-state index in [-0.39, 0.29) is 16.3 Å². The van der Waals surface area contributed by atoms with E-state index in [0.717, 1.165) is 32.4 Å². The highest BCUT2D eigenvalue weighted by Crippen LogP contribution is 2.24. The Hall–Kier alpha value is -1.37. The minimum Gasteiger partial charge on any atom is -0.478 e. The first-order valence-corrected chi connectivity index (χ1v) is 9.54. The summed E-state index contributed by atoms with van der Waals surface area (Å²) in [7, 11) is -3.56. The van der Waals surface area contributed by atoms with Crippen LogP contribution >= 0.6 is 11.6 Å². The number of hydrogen-bond acceptors (Lipinski definition) is 4. The molecule has 0 radical (unpaired) electrons. The summed E-state index contributed by atoms with van der Waals surface area (Å²) in [6.07, 6.45) is 4.48. The molecule has 1 aliphatic heterocycles. The highest BCUT2D eigenvalue weighted by atomic mass is 35.5. The first-order chi connectivity index (χ1) is 10.8. The molecule has 1 aromatic rings. The maximum atomic E-state index is 12.7. The molecule has 126 valence electrons. The predicted octanol–water partition coefficient (Wildman–Crippen LogP) is 2.95. The van der Waals surface area contributed by atoms with Crippen molar-refractivity contribution in [2.24, 2.45) is 0 Å². The van der Waals surface area contributed by atoms with Gasteiger partial charge in [-0.1, -0.05) is 24.1 Å². The quantitative estimate of drug-likeness (QED) is 0.792. The smallest absolute Gasteiger partial charge is 0.335 e. The number of rotatable bonds is 6. The Morgan fingerprint density at radius 1 is 1.35 bits per heavy atom. The molecule has 7 heteroatoms. The molecule has 0 spiro atoms. The second-order valence-corrected chi connectivity index (χ2v) is 8.15. The SMILES string of the molecule is C=CC(N1CCCCC1)S(=O)(=O)Cc1cc(C(=O)O)ccc1Cl. The minimum atomic E-state index is -3.56. The lowest BCUT2D eigenvalue weighted by Gasteiger charge is -2.32. The van der Waals surface area contributed by atoms with Gasteiger partial charge in [0.2, 0.25) is 0 Å². The molecule has 1 unspecified atom stereocenters. The van der Waals surface area contributed by atoms with E-state index < -0.39 is 21.2 Å². The molecule has 23 heavy (non-hydrogen) atoms. The lowest BCUT2D eigenvalue weighted by molar-refractivity contribution is 0.0696. The second-order valence-electron chi connectivity index (χ2n) is 5.64. The van der Waals surface area contributed by atoms with Crippen LogP contribution in [0.4, 0.5) is 0 Å². The van der Waals surface area contributed by atoms with Crippen molar-refractivity contribution in [2.45, 2.75) is 30.4 Å². The van der Waals surface area contributed by atoms with Crippen LogP contribution in [0.15, 0.2) is 30.9 Å². The summed E-state index contributed by atoms with van der Waals surface area (Å²) in [5.74, 6) is -1.42. The largest absolute Gasteiger partial charge is 0.478 e. The normalized spacial score (nSPS) is 17.6. The zero-order valence-electron chi connectivity index (χ0n) is 12.7. The van der Waals surface area contributed by atoms with E-state index in [0.29, 0.717) is 5.56 Å². The van der Waals surface area contributed by atoms with E-state index in [1.165, 1.54) is 24.3 Å². The molecular weight excluding hydrogens is 338 g/mol. The van der Waals surface area contributed by atoms with Gasteiger partial charge in [0.25, 0.3) is 0 Å². The van der Waals surface area contributed by atoms with Gasteiger partial charge < -0.3 is 5.11 Å². The topological polar surface area (TPSA) is 74.7 Å². The fourth-order valence-corrected chi connectivity index (χ4v) is 4.88. The molecule has 1 saturated heterocycles. The molecule has 0 bridgehead atoms. The van der Waals surface area contributed by atoms with Gasteiger partial charge in [0.1, 0.15) is 5.37 Å². The predicted molar refractivity (Wildman–Crippen MR) is 90.4 cm³/mol. The highest BCUT2D eigenvalue weighted by molar-refractivity contribution is 7.91. The molecule has 5 nitrogen and oxygen atoms in total. The van der Waals surface area contributed by atoms with Crippen LogP contribution in [0.25, 0.3) is 0 Å². The summed E-state index contributed by atoms with van der Waals surface area (Å²) < 4.78 is 25.5. The summed E-state index contributed by atoms with van der Waals surface area (Å²) in [5, 5.41) is 8.52. The standard InChI is InChI=1S/C16H20ClNO4S/c1-2-15(18-8-4-3-5-9-18)23(21,22)11-13-10-12(16(19)20)6-7-14(13)17/h2,6-7,10,15H,1,3-5,8-9,11H2,(H,19,20). The highest BCUT2D eigenvalue weighted by Gasteiger charge is 2.30. The maximum Gasteiger partial charge on any atom is 0.335 e. The van der Waals surface area contributed by atoms with E-state index in [4.69, 9.17) is 16.7 Å². The van der Waals surface area contributed by atoms with Gasteiger partial charge in [0, 0.05) is 5.02 Å². The van der Waals surface area contributed by atoms with Crippen LogP contribution in [0.5, 0.6) is 0 Å². The fraction of sp³-hybridized carbons (Fsp3) is 0.438. The Morgan fingerprint density at radius 3 is 2.57 bits per heavy atom. The Morgan fingerprint density at radius 2 is 2.00 bits per heavy atom. The van der Waals surface area contributed by atoms with Gasteiger partial charge in [-0.15, -0.1) is 6.58 Å². The number of halogens is 1. The van der Waals surface area contributed by atoms with E-state index in [9.17, 15) is 13.2 Å². The Labute approximate surface area is 141 Å². The zero-order chi connectivity index (χ0) is 17.0. The average Bonchev–Trinajstić information content (AvgIpc) is 2.50. The number of carbonyl (C=O) groups is 1. The number of piperidine rings is 1.